The Balaban J connectivity index is 3.59. The summed E-state index contributed by atoms with van der Waals surface area (Å²) in [5, 5.41) is 2.36. The molecule has 17 heavy (non-hydrogen) atoms. The van der Waals surface area contributed by atoms with Crippen LogP contribution in [0, 0.1) is 0 Å². The molecule has 0 aromatic heterocycles. The topological polar surface area (TPSA) is 81.7 Å². The average Bonchev–Trinajstić information content (AvgIpc) is 2.31. The smallest absolute Gasteiger partial charge is 0.325 e. The number of hydrogen-bond donors (Lipinski definition) is 1. The second-order valence-electron chi connectivity index (χ2n) is 3.30. The molecule has 0 saturated heterocycles. The highest BCUT2D eigenvalue weighted by atomic mass is 16.5. The first-order valence-corrected chi connectivity index (χ1v) is 5.68. The van der Waals surface area contributed by atoms with E-state index in [1.807, 2.05) is 6.92 Å². The molecule has 0 aliphatic rings. The van der Waals surface area contributed by atoms with Crippen LogP contribution in [0.3, 0.4) is 0 Å². The van der Waals surface area contributed by atoms with E-state index in [-0.39, 0.29) is 31.9 Å². The molecule has 0 atom stereocenters. The summed E-state index contributed by atoms with van der Waals surface area (Å²) in [5.74, 6) is -1.26. The Morgan fingerprint density at radius 2 is 1.71 bits per heavy atom. The summed E-state index contributed by atoms with van der Waals surface area (Å²) >= 11 is 0. The maximum absolute atomic E-state index is 11.2. The van der Waals surface area contributed by atoms with Crippen LogP contribution < -0.4 is 5.32 Å². The zero-order chi connectivity index (χ0) is 13.1. The van der Waals surface area contributed by atoms with Crippen molar-refractivity contribution in [2.45, 2.75) is 33.1 Å². The maximum atomic E-state index is 11.2. The van der Waals surface area contributed by atoms with Crippen LogP contribution in [0.2, 0.25) is 0 Å². The van der Waals surface area contributed by atoms with Crippen LogP contribution in [-0.2, 0) is 23.9 Å². The molecule has 98 valence electrons. The monoisotopic (exact) mass is 245 g/mol. The molecular formula is C11H19NO5. The number of esters is 2. The summed E-state index contributed by atoms with van der Waals surface area (Å²) in [6.45, 7) is 4.04. The van der Waals surface area contributed by atoms with Crippen molar-refractivity contribution in [3.05, 3.63) is 0 Å². The normalized spacial score (nSPS) is 9.53. The molecule has 0 unspecified atom stereocenters. The number of amides is 1. The van der Waals surface area contributed by atoms with E-state index in [9.17, 15) is 14.4 Å². The number of rotatable bonds is 8. The molecule has 1 amide bonds. The largest absolute Gasteiger partial charge is 0.466 e. The van der Waals surface area contributed by atoms with Crippen molar-refractivity contribution >= 4 is 17.8 Å². The van der Waals surface area contributed by atoms with Gasteiger partial charge < -0.3 is 14.8 Å². The van der Waals surface area contributed by atoms with Crippen LogP contribution >= 0.6 is 0 Å². The minimum Gasteiger partial charge on any atom is -0.466 e. The third-order valence-electron chi connectivity index (χ3n) is 1.76. The second-order valence-corrected chi connectivity index (χ2v) is 3.30. The van der Waals surface area contributed by atoms with Gasteiger partial charge in [0.25, 0.3) is 0 Å². The molecule has 0 heterocycles. The Morgan fingerprint density at radius 3 is 2.29 bits per heavy atom. The van der Waals surface area contributed by atoms with E-state index in [1.165, 1.54) is 0 Å². The van der Waals surface area contributed by atoms with Crippen LogP contribution in [0.25, 0.3) is 0 Å². The Bertz CT molecular complexity index is 265. The minimum absolute atomic E-state index is 0.0158. The molecule has 1 N–H and O–H groups in total. The standard InChI is InChI=1S/C11H19NO5/c1-3-7-17-10(14)6-5-9(13)12-8-11(15)16-4-2/h3-8H2,1-2H3,(H,12,13). The Kier molecular flexibility index (Phi) is 8.72. The van der Waals surface area contributed by atoms with Gasteiger partial charge in [0.2, 0.25) is 5.91 Å². The van der Waals surface area contributed by atoms with Crippen molar-refractivity contribution in [2.75, 3.05) is 19.8 Å². The molecule has 6 nitrogen and oxygen atoms in total. The Morgan fingerprint density at radius 1 is 1.00 bits per heavy atom. The first-order chi connectivity index (χ1) is 8.10. The van der Waals surface area contributed by atoms with Crippen molar-refractivity contribution in [3.8, 4) is 0 Å². The van der Waals surface area contributed by atoms with Gasteiger partial charge in [-0.15, -0.1) is 0 Å². The third kappa shape index (κ3) is 9.35. The van der Waals surface area contributed by atoms with Crippen molar-refractivity contribution in [1.29, 1.82) is 0 Å². The lowest BCUT2D eigenvalue weighted by molar-refractivity contribution is -0.145. The molecule has 0 bridgehead atoms. The van der Waals surface area contributed by atoms with Crippen molar-refractivity contribution in [1.82, 2.24) is 5.32 Å². The van der Waals surface area contributed by atoms with Gasteiger partial charge in [0.1, 0.15) is 6.54 Å². The summed E-state index contributed by atoms with van der Waals surface area (Å²) < 4.78 is 9.42. The van der Waals surface area contributed by atoms with E-state index in [1.54, 1.807) is 6.92 Å². The first kappa shape index (κ1) is 15.4. The summed E-state index contributed by atoms with van der Waals surface area (Å²) in [5.41, 5.74) is 0. The van der Waals surface area contributed by atoms with Gasteiger partial charge >= 0.3 is 11.9 Å². The predicted molar refractivity (Wildman–Crippen MR) is 60.1 cm³/mol. The van der Waals surface area contributed by atoms with Crippen LogP contribution in [0.4, 0.5) is 0 Å². The van der Waals surface area contributed by atoms with E-state index in [0.29, 0.717) is 6.61 Å². The van der Waals surface area contributed by atoms with E-state index in [2.05, 4.69) is 10.1 Å². The van der Waals surface area contributed by atoms with Gasteiger partial charge in [-0.2, -0.15) is 0 Å². The molecule has 0 aliphatic carbocycles. The van der Waals surface area contributed by atoms with Gasteiger partial charge in [0.15, 0.2) is 0 Å². The van der Waals surface area contributed by atoms with Crippen molar-refractivity contribution in [3.63, 3.8) is 0 Å². The number of nitrogens with one attached hydrogen (secondary N) is 1. The SMILES string of the molecule is CCCOC(=O)CCC(=O)NCC(=O)OCC. The third-order valence-corrected chi connectivity index (χ3v) is 1.76. The van der Waals surface area contributed by atoms with E-state index >= 15 is 0 Å². The van der Waals surface area contributed by atoms with Crippen LogP contribution in [0.5, 0.6) is 0 Å². The van der Waals surface area contributed by atoms with E-state index in [4.69, 9.17) is 4.74 Å². The number of hydrogen-bond acceptors (Lipinski definition) is 5. The van der Waals surface area contributed by atoms with Gasteiger partial charge in [-0.3, -0.25) is 14.4 Å². The quantitative estimate of drug-likeness (QED) is 0.626. The molecular weight excluding hydrogens is 226 g/mol. The number of carbonyl (C=O) groups excluding carboxylic acids is 3. The predicted octanol–water partition coefficient (Wildman–Crippen LogP) is 0.399. The van der Waals surface area contributed by atoms with Gasteiger partial charge in [-0.05, 0) is 13.3 Å². The Hall–Kier alpha value is -1.59. The van der Waals surface area contributed by atoms with Crippen molar-refractivity contribution in [2.24, 2.45) is 0 Å². The highest BCUT2D eigenvalue weighted by Crippen LogP contribution is 1.94. The lowest BCUT2D eigenvalue weighted by Crippen LogP contribution is -2.30. The molecule has 6 heteroatoms. The average molecular weight is 245 g/mol. The first-order valence-electron chi connectivity index (χ1n) is 5.68. The van der Waals surface area contributed by atoms with Crippen LogP contribution in [0.1, 0.15) is 33.1 Å². The fourth-order valence-corrected chi connectivity index (χ4v) is 0.975. The number of carbonyl (C=O) groups is 3. The Labute approximate surface area is 101 Å². The fraction of sp³-hybridized carbons (Fsp3) is 0.727. The summed E-state index contributed by atoms with van der Waals surface area (Å²) in [6.07, 6.45) is 0.789. The second kappa shape index (κ2) is 9.62. The summed E-state index contributed by atoms with van der Waals surface area (Å²) in [7, 11) is 0. The molecule has 0 aromatic carbocycles. The van der Waals surface area contributed by atoms with E-state index < -0.39 is 11.9 Å². The van der Waals surface area contributed by atoms with Gasteiger partial charge in [-0.25, -0.2) is 0 Å². The van der Waals surface area contributed by atoms with Crippen LogP contribution in [0.15, 0.2) is 0 Å². The zero-order valence-corrected chi connectivity index (χ0v) is 10.3. The molecule has 0 saturated carbocycles. The van der Waals surface area contributed by atoms with Gasteiger partial charge in [0.05, 0.1) is 19.6 Å². The van der Waals surface area contributed by atoms with Gasteiger partial charge in [-0.1, -0.05) is 6.92 Å². The number of ether oxygens (including phenoxy) is 2. The molecule has 0 rings (SSSR count). The summed E-state index contributed by atoms with van der Waals surface area (Å²) in [4.78, 5) is 33.2. The molecule has 0 aliphatic heterocycles. The molecule has 0 aromatic rings. The van der Waals surface area contributed by atoms with Crippen molar-refractivity contribution < 1.29 is 23.9 Å². The van der Waals surface area contributed by atoms with Gasteiger partial charge in [0, 0.05) is 6.42 Å². The molecule has 0 spiro atoms. The minimum atomic E-state index is -0.491. The lowest BCUT2D eigenvalue weighted by Gasteiger charge is -2.05. The van der Waals surface area contributed by atoms with E-state index in [0.717, 1.165) is 6.42 Å². The fourth-order valence-electron chi connectivity index (χ4n) is 0.975. The molecule has 0 fully saturated rings. The highest BCUT2D eigenvalue weighted by molar-refractivity contribution is 5.84. The molecule has 0 radical (unpaired) electrons. The highest BCUT2D eigenvalue weighted by Gasteiger charge is 2.09. The lowest BCUT2D eigenvalue weighted by atomic mass is 10.3. The maximum Gasteiger partial charge on any atom is 0.325 e. The zero-order valence-electron chi connectivity index (χ0n) is 10.3. The summed E-state index contributed by atoms with van der Waals surface area (Å²) in [6, 6.07) is 0. The van der Waals surface area contributed by atoms with Crippen LogP contribution in [-0.4, -0.2) is 37.6 Å².